The van der Waals surface area contributed by atoms with Gasteiger partial charge in [-0.2, -0.15) is 0 Å². The molecule has 0 amide bonds. The number of rotatable bonds is 2. The van der Waals surface area contributed by atoms with Gasteiger partial charge in [-0.3, -0.25) is 0 Å². The van der Waals surface area contributed by atoms with E-state index in [1.54, 1.807) is 0 Å². The van der Waals surface area contributed by atoms with Crippen molar-refractivity contribution >= 4 is 13.5 Å². The average molecular weight is 385 g/mol. The van der Waals surface area contributed by atoms with Crippen molar-refractivity contribution in [2.75, 3.05) is 0 Å². The molecule has 4 saturated carbocycles. The summed E-state index contributed by atoms with van der Waals surface area (Å²) in [5.74, 6) is 5.89. The molecule has 9 atom stereocenters. The van der Waals surface area contributed by atoms with E-state index >= 15 is 0 Å². The summed E-state index contributed by atoms with van der Waals surface area (Å²) in [6, 6.07) is 10.6. The highest BCUT2D eigenvalue weighted by Gasteiger charge is 2.58. The fourth-order valence-corrected chi connectivity index (χ4v) is 10.3. The van der Waals surface area contributed by atoms with Gasteiger partial charge >= 0.3 is 0 Å². The van der Waals surface area contributed by atoms with Gasteiger partial charge < -0.3 is 4.89 Å². The standard InChI is InChI=1S/C25H37OP/c1-17-8-10-20-18(16-17)9-11-22-21(20)14-15-25(2)23(22)12-13-24(25)27(26)19-6-4-3-5-7-19/h3-7,17-18,20-24,26H,8-16H2,1-2H3. The van der Waals surface area contributed by atoms with Crippen LogP contribution < -0.4 is 5.30 Å². The average Bonchev–Trinajstić information content (AvgIpc) is 3.05. The lowest BCUT2D eigenvalue weighted by Gasteiger charge is -2.56. The number of benzene rings is 1. The molecular formula is C25H37OP. The molecule has 0 bridgehead atoms. The van der Waals surface area contributed by atoms with Crippen LogP contribution in [0, 0.1) is 40.9 Å². The van der Waals surface area contributed by atoms with Crippen LogP contribution in [0.2, 0.25) is 0 Å². The highest BCUT2D eigenvalue weighted by Crippen LogP contribution is 2.67. The number of hydrogen-bond acceptors (Lipinski definition) is 1. The summed E-state index contributed by atoms with van der Waals surface area (Å²) >= 11 is 0. The van der Waals surface area contributed by atoms with Gasteiger partial charge in [0, 0.05) is 11.0 Å². The quantitative estimate of drug-likeness (QED) is 0.588. The maximum Gasteiger partial charge on any atom is 0.0600 e. The Morgan fingerprint density at radius 3 is 2.48 bits per heavy atom. The zero-order valence-corrected chi connectivity index (χ0v) is 18.1. The molecule has 0 saturated heterocycles. The van der Waals surface area contributed by atoms with Crippen molar-refractivity contribution in [2.24, 2.45) is 40.9 Å². The highest BCUT2D eigenvalue weighted by atomic mass is 31.1. The predicted octanol–water partition coefficient (Wildman–Crippen LogP) is 6.36. The minimum absolute atomic E-state index is 0.381. The third kappa shape index (κ3) is 3.03. The van der Waals surface area contributed by atoms with Crippen LogP contribution in [0.1, 0.15) is 71.6 Å². The number of fused-ring (bicyclic) bond motifs is 5. The molecule has 1 N–H and O–H groups in total. The van der Waals surface area contributed by atoms with E-state index in [0.717, 1.165) is 35.5 Å². The smallest absolute Gasteiger partial charge is 0.0600 e. The molecule has 1 aromatic carbocycles. The van der Waals surface area contributed by atoms with E-state index in [1.807, 2.05) is 0 Å². The summed E-state index contributed by atoms with van der Waals surface area (Å²) in [6.45, 7) is 5.05. The Kier molecular flexibility index (Phi) is 4.93. The molecule has 1 aromatic rings. The summed E-state index contributed by atoms with van der Waals surface area (Å²) in [7, 11) is -1.01. The van der Waals surface area contributed by atoms with Crippen molar-refractivity contribution < 1.29 is 4.89 Å². The van der Waals surface area contributed by atoms with Crippen LogP contribution in [0.15, 0.2) is 30.3 Å². The predicted molar refractivity (Wildman–Crippen MR) is 115 cm³/mol. The Hall–Kier alpha value is -0.390. The van der Waals surface area contributed by atoms with Gasteiger partial charge in [-0.15, -0.1) is 0 Å². The van der Waals surface area contributed by atoms with Crippen LogP contribution in [0.5, 0.6) is 0 Å². The van der Waals surface area contributed by atoms with Crippen molar-refractivity contribution in [1.29, 1.82) is 0 Å². The largest absolute Gasteiger partial charge is 0.369 e. The minimum Gasteiger partial charge on any atom is -0.369 e. The second-order valence-electron chi connectivity index (χ2n) is 10.7. The maximum atomic E-state index is 11.3. The molecule has 1 nitrogen and oxygen atoms in total. The first-order valence-corrected chi connectivity index (χ1v) is 13.0. The lowest BCUT2D eigenvalue weighted by molar-refractivity contribution is -0.0545. The van der Waals surface area contributed by atoms with E-state index in [9.17, 15) is 4.89 Å². The molecule has 4 fully saturated rings. The third-order valence-electron chi connectivity index (χ3n) is 9.48. The van der Waals surface area contributed by atoms with E-state index in [1.165, 1.54) is 63.1 Å². The molecule has 4 aliphatic carbocycles. The molecule has 0 aliphatic heterocycles. The van der Waals surface area contributed by atoms with Crippen molar-refractivity contribution in [3.8, 4) is 0 Å². The van der Waals surface area contributed by atoms with Gasteiger partial charge in [0.15, 0.2) is 0 Å². The topological polar surface area (TPSA) is 20.2 Å². The molecule has 0 radical (unpaired) electrons. The first-order valence-electron chi connectivity index (χ1n) is 11.6. The minimum atomic E-state index is -1.01. The van der Waals surface area contributed by atoms with Gasteiger partial charge in [0.25, 0.3) is 0 Å². The van der Waals surface area contributed by atoms with Gasteiger partial charge in [0.05, 0.1) is 8.15 Å². The second-order valence-corrected chi connectivity index (χ2v) is 12.5. The van der Waals surface area contributed by atoms with Gasteiger partial charge in [-0.05, 0) is 92.3 Å². The number of hydrogen-bond donors (Lipinski definition) is 1. The van der Waals surface area contributed by atoms with Crippen molar-refractivity contribution in [2.45, 2.75) is 77.3 Å². The van der Waals surface area contributed by atoms with Crippen LogP contribution >= 0.6 is 8.15 Å². The van der Waals surface area contributed by atoms with Crippen LogP contribution in [-0.2, 0) is 0 Å². The third-order valence-corrected chi connectivity index (χ3v) is 11.7. The molecule has 0 spiro atoms. The van der Waals surface area contributed by atoms with E-state index < -0.39 is 8.15 Å². The highest BCUT2D eigenvalue weighted by molar-refractivity contribution is 7.60. The van der Waals surface area contributed by atoms with Crippen molar-refractivity contribution in [3.63, 3.8) is 0 Å². The van der Waals surface area contributed by atoms with E-state index in [4.69, 9.17) is 0 Å². The second kappa shape index (κ2) is 7.14. The fourth-order valence-electron chi connectivity index (χ4n) is 8.22. The SMILES string of the molecule is CC1CCC2C(CCC3C2CCC2(C)C3CCC2P(O)c2ccccc2)C1. The molecule has 5 rings (SSSR count). The van der Waals surface area contributed by atoms with Gasteiger partial charge in [0.2, 0.25) is 0 Å². The van der Waals surface area contributed by atoms with Crippen LogP contribution in [0.25, 0.3) is 0 Å². The van der Waals surface area contributed by atoms with Crippen LogP contribution in [0.3, 0.4) is 0 Å². The Morgan fingerprint density at radius 2 is 1.67 bits per heavy atom. The summed E-state index contributed by atoms with van der Waals surface area (Å²) < 4.78 is 0. The maximum absolute atomic E-state index is 11.3. The normalized spacial score (nSPS) is 47.6. The summed E-state index contributed by atoms with van der Waals surface area (Å²) in [6.07, 6.45) is 12.9. The van der Waals surface area contributed by atoms with E-state index in [-0.39, 0.29) is 0 Å². The molecule has 0 heterocycles. The Labute approximate surface area is 167 Å². The molecule has 27 heavy (non-hydrogen) atoms. The Morgan fingerprint density at radius 1 is 0.889 bits per heavy atom. The van der Waals surface area contributed by atoms with Crippen molar-refractivity contribution in [1.82, 2.24) is 0 Å². The van der Waals surface area contributed by atoms with Gasteiger partial charge in [-0.1, -0.05) is 50.6 Å². The summed E-state index contributed by atoms with van der Waals surface area (Å²) in [5.41, 5.74) is 0.900. The lowest BCUT2D eigenvalue weighted by Crippen LogP contribution is -2.49. The van der Waals surface area contributed by atoms with Crippen LogP contribution in [-0.4, -0.2) is 10.6 Å². The first-order chi connectivity index (χ1) is 13.1. The molecule has 2 heteroatoms. The van der Waals surface area contributed by atoms with Gasteiger partial charge in [0.1, 0.15) is 0 Å². The lowest BCUT2D eigenvalue weighted by atomic mass is 9.50. The Balaban J connectivity index is 1.37. The molecular weight excluding hydrogens is 347 g/mol. The molecule has 9 unspecified atom stereocenters. The Bertz CT molecular complexity index is 660. The van der Waals surface area contributed by atoms with Crippen molar-refractivity contribution in [3.05, 3.63) is 30.3 Å². The first kappa shape index (κ1) is 18.6. The van der Waals surface area contributed by atoms with Gasteiger partial charge in [-0.25, -0.2) is 0 Å². The molecule has 148 valence electrons. The van der Waals surface area contributed by atoms with Crippen LogP contribution in [0.4, 0.5) is 0 Å². The molecule has 0 aromatic heterocycles. The fraction of sp³-hybridized carbons (Fsp3) is 0.760. The summed E-state index contributed by atoms with van der Waals surface area (Å²) in [4.78, 5) is 11.3. The van der Waals surface area contributed by atoms with E-state index in [2.05, 4.69) is 44.2 Å². The zero-order valence-electron chi connectivity index (χ0n) is 17.2. The van der Waals surface area contributed by atoms with E-state index in [0.29, 0.717) is 11.1 Å². The molecule has 4 aliphatic rings. The monoisotopic (exact) mass is 384 g/mol. The summed E-state index contributed by atoms with van der Waals surface area (Å²) in [5, 5.41) is 1.20. The zero-order chi connectivity index (χ0) is 18.6.